The molecule has 1 atom stereocenters. The quantitative estimate of drug-likeness (QED) is 0.775. The largest absolute Gasteiger partial charge is 0.493 e. The molecule has 0 aliphatic rings. The fourth-order valence-electron chi connectivity index (χ4n) is 2.49. The first-order chi connectivity index (χ1) is 11.2. The third-order valence-corrected chi connectivity index (χ3v) is 4.42. The summed E-state index contributed by atoms with van der Waals surface area (Å²) in [5.41, 5.74) is 0.0965. The number of thiazole rings is 1. The first-order valence-electron chi connectivity index (χ1n) is 7.52. The Labute approximate surface area is 143 Å². The number of nitrogens with zero attached hydrogens (tertiary/aromatic N) is 4. The van der Waals surface area contributed by atoms with E-state index < -0.39 is 17.7 Å². The van der Waals surface area contributed by atoms with Crippen molar-refractivity contribution in [2.45, 2.75) is 33.0 Å². The average Bonchev–Trinajstić information content (AvgIpc) is 2.98. The van der Waals surface area contributed by atoms with E-state index in [1.807, 2.05) is 24.4 Å². The van der Waals surface area contributed by atoms with Crippen LogP contribution in [-0.2, 0) is 17.9 Å². The molecule has 0 saturated heterocycles. The SMILES string of the molecule is CC(C)[C@@H](C(=O)O)n1cc(O)n(Cc2csc(CN(C)C)n2)c1=O. The summed E-state index contributed by atoms with van der Waals surface area (Å²) in [6.45, 7) is 4.23. The van der Waals surface area contributed by atoms with E-state index >= 15 is 0 Å². The van der Waals surface area contributed by atoms with E-state index in [4.69, 9.17) is 0 Å². The summed E-state index contributed by atoms with van der Waals surface area (Å²) >= 11 is 1.48. The van der Waals surface area contributed by atoms with Gasteiger partial charge in [-0.05, 0) is 20.0 Å². The fourth-order valence-corrected chi connectivity index (χ4v) is 3.39. The monoisotopic (exact) mass is 354 g/mol. The van der Waals surface area contributed by atoms with Crippen molar-refractivity contribution in [1.29, 1.82) is 0 Å². The number of carbonyl (C=O) groups is 1. The van der Waals surface area contributed by atoms with Crippen molar-refractivity contribution in [3.63, 3.8) is 0 Å². The van der Waals surface area contributed by atoms with Crippen LogP contribution in [0, 0.1) is 5.92 Å². The number of rotatable bonds is 7. The minimum Gasteiger partial charge on any atom is -0.493 e. The maximum Gasteiger partial charge on any atom is 0.332 e. The molecular weight excluding hydrogens is 332 g/mol. The molecule has 2 heterocycles. The van der Waals surface area contributed by atoms with Crippen LogP contribution < -0.4 is 5.69 Å². The summed E-state index contributed by atoms with van der Waals surface area (Å²) in [6.07, 6.45) is 1.17. The predicted octanol–water partition coefficient (Wildman–Crippen LogP) is 1.20. The fraction of sp³-hybridized carbons (Fsp3) is 0.533. The molecule has 0 aromatic carbocycles. The number of hydrogen-bond acceptors (Lipinski definition) is 6. The lowest BCUT2D eigenvalue weighted by molar-refractivity contribution is -0.142. The highest BCUT2D eigenvalue weighted by Crippen LogP contribution is 2.20. The molecule has 2 aromatic rings. The van der Waals surface area contributed by atoms with Crippen molar-refractivity contribution in [2.75, 3.05) is 14.1 Å². The van der Waals surface area contributed by atoms with E-state index in [1.165, 1.54) is 17.5 Å². The van der Waals surface area contributed by atoms with Crippen molar-refractivity contribution in [3.8, 4) is 5.88 Å². The van der Waals surface area contributed by atoms with E-state index in [0.29, 0.717) is 12.2 Å². The summed E-state index contributed by atoms with van der Waals surface area (Å²) in [6, 6.07) is -1.02. The van der Waals surface area contributed by atoms with Crippen LogP contribution in [0.1, 0.15) is 30.6 Å². The smallest absolute Gasteiger partial charge is 0.332 e. The lowest BCUT2D eigenvalue weighted by Gasteiger charge is -2.16. The summed E-state index contributed by atoms with van der Waals surface area (Å²) in [7, 11) is 3.88. The van der Waals surface area contributed by atoms with E-state index in [0.717, 1.165) is 14.1 Å². The van der Waals surface area contributed by atoms with E-state index in [1.54, 1.807) is 13.8 Å². The molecule has 2 aromatic heterocycles. The molecule has 0 spiro atoms. The molecule has 0 aliphatic carbocycles. The first kappa shape index (κ1) is 18.2. The molecule has 0 bridgehead atoms. The molecule has 0 aliphatic heterocycles. The standard InChI is InChI=1S/C15H22N4O4S/c1-9(2)13(14(21)22)19-7-12(20)18(15(19)23)5-10-8-24-11(16-10)6-17(3)4/h7-9,13,20H,5-6H2,1-4H3,(H,21,22)/t13-/m0/s1. The highest BCUT2D eigenvalue weighted by Gasteiger charge is 2.27. The van der Waals surface area contributed by atoms with Gasteiger partial charge in [0, 0.05) is 11.9 Å². The number of carboxylic acids is 1. The Bertz CT molecular complexity index is 775. The van der Waals surface area contributed by atoms with Gasteiger partial charge in [-0.15, -0.1) is 11.3 Å². The van der Waals surface area contributed by atoms with Crippen LogP contribution in [-0.4, -0.2) is 49.3 Å². The molecule has 2 rings (SSSR count). The Kier molecular flexibility index (Phi) is 5.45. The molecule has 0 saturated carbocycles. The van der Waals surface area contributed by atoms with Crippen LogP contribution in [0.3, 0.4) is 0 Å². The van der Waals surface area contributed by atoms with E-state index in [-0.39, 0.29) is 18.3 Å². The maximum absolute atomic E-state index is 12.5. The molecule has 8 nitrogen and oxygen atoms in total. The van der Waals surface area contributed by atoms with Gasteiger partial charge in [0.1, 0.15) is 11.0 Å². The molecule has 0 unspecified atom stereocenters. The van der Waals surface area contributed by atoms with Crippen LogP contribution in [0.2, 0.25) is 0 Å². The molecule has 0 amide bonds. The lowest BCUT2D eigenvalue weighted by atomic mass is 10.1. The van der Waals surface area contributed by atoms with Crippen LogP contribution in [0.4, 0.5) is 0 Å². The lowest BCUT2D eigenvalue weighted by Crippen LogP contribution is -2.34. The van der Waals surface area contributed by atoms with Crippen LogP contribution in [0.5, 0.6) is 5.88 Å². The van der Waals surface area contributed by atoms with Gasteiger partial charge in [-0.25, -0.2) is 14.6 Å². The van der Waals surface area contributed by atoms with Gasteiger partial charge in [0.05, 0.1) is 18.4 Å². The minimum absolute atomic E-state index is 0.103. The summed E-state index contributed by atoms with van der Waals surface area (Å²) in [4.78, 5) is 30.3. The number of hydrogen-bond donors (Lipinski definition) is 2. The van der Waals surface area contributed by atoms with Gasteiger partial charge >= 0.3 is 11.7 Å². The van der Waals surface area contributed by atoms with Crippen LogP contribution in [0.15, 0.2) is 16.4 Å². The molecule has 24 heavy (non-hydrogen) atoms. The Balaban J connectivity index is 2.31. The van der Waals surface area contributed by atoms with Gasteiger partial charge in [-0.3, -0.25) is 9.13 Å². The van der Waals surface area contributed by atoms with Gasteiger partial charge in [-0.2, -0.15) is 0 Å². The van der Waals surface area contributed by atoms with Gasteiger partial charge < -0.3 is 15.1 Å². The third-order valence-electron chi connectivity index (χ3n) is 3.54. The topological polar surface area (TPSA) is 101 Å². The second-order valence-corrected chi connectivity index (χ2v) is 7.20. The normalized spacial score (nSPS) is 12.9. The maximum atomic E-state index is 12.5. The first-order valence-corrected chi connectivity index (χ1v) is 8.40. The number of aliphatic carboxylic acids is 1. The average molecular weight is 354 g/mol. The molecule has 0 fully saturated rings. The van der Waals surface area contributed by atoms with Crippen LogP contribution in [0.25, 0.3) is 0 Å². The van der Waals surface area contributed by atoms with Crippen molar-refractivity contribution >= 4 is 17.3 Å². The summed E-state index contributed by atoms with van der Waals surface area (Å²) in [5.74, 6) is -1.67. The zero-order chi connectivity index (χ0) is 18.0. The van der Waals surface area contributed by atoms with Crippen LogP contribution >= 0.6 is 11.3 Å². The zero-order valence-electron chi connectivity index (χ0n) is 14.1. The molecule has 132 valence electrons. The Morgan fingerprint density at radius 2 is 2.08 bits per heavy atom. The van der Waals surface area contributed by atoms with Gasteiger partial charge in [0.15, 0.2) is 0 Å². The summed E-state index contributed by atoms with van der Waals surface area (Å²) in [5, 5.41) is 22.1. The van der Waals surface area contributed by atoms with E-state index in [2.05, 4.69) is 4.98 Å². The molecular formula is C15H22N4O4S. The Hall–Kier alpha value is -2.13. The highest BCUT2D eigenvalue weighted by molar-refractivity contribution is 7.09. The van der Waals surface area contributed by atoms with Gasteiger partial charge in [-0.1, -0.05) is 13.8 Å². The minimum atomic E-state index is -1.11. The van der Waals surface area contributed by atoms with Crippen molar-refractivity contribution in [3.05, 3.63) is 32.8 Å². The van der Waals surface area contributed by atoms with Gasteiger partial charge in [0.2, 0.25) is 5.88 Å². The number of carboxylic acid groups (broad SMARTS) is 1. The second kappa shape index (κ2) is 7.18. The molecule has 0 radical (unpaired) electrons. The third kappa shape index (κ3) is 3.85. The van der Waals surface area contributed by atoms with Crippen molar-refractivity contribution < 1.29 is 15.0 Å². The number of aromatic hydroxyl groups is 1. The second-order valence-electron chi connectivity index (χ2n) is 6.26. The number of imidazole rings is 1. The Morgan fingerprint density at radius 3 is 2.62 bits per heavy atom. The number of aromatic nitrogens is 3. The van der Waals surface area contributed by atoms with Gasteiger partial charge in [0.25, 0.3) is 0 Å². The molecule has 9 heteroatoms. The van der Waals surface area contributed by atoms with Crippen molar-refractivity contribution in [1.82, 2.24) is 19.0 Å². The molecule has 2 N–H and O–H groups in total. The highest BCUT2D eigenvalue weighted by atomic mass is 32.1. The zero-order valence-corrected chi connectivity index (χ0v) is 14.9. The Morgan fingerprint density at radius 1 is 1.42 bits per heavy atom. The predicted molar refractivity (Wildman–Crippen MR) is 90.5 cm³/mol. The van der Waals surface area contributed by atoms with E-state index in [9.17, 15) is 19.8 Å². The summed E-state index contributed by atoms with van der Waals surface area (Å²) < 4.78 is 2.20. The van der Waals surface area contributed by atoms with Crippen molar-refractivity contribution in [2.24, 2.45) is 5.92 Å².